The summed E-state index contributed by atoms with van der Waals surface area (Å²) in [6.45, 7) is 3.53. The van der Waals surface area contributed by atoms with Gasteiger partial charge in [-0.2, -0.15) is 0 Å². The zero-order chi connectivity index (χ0) is 18.4. The van der Waals surface area contributed by atoms with E-state index in [2.05, 4.69) is 10.9 Å². The molecule has 0 saturated heterocycles. The summed E-state index contributed by atoms with van der Waals surface area (Å²) in [4.78, 5) is 34.9. The van der Waals surface area contributed by atoms with E-state index in [-0.39, 0.29) is 17.7 Å². The van der Waals surface area contributed by atoms with E-state index in [0.717, 1.165) is 11.1 Å². The monoisotopic (exact) mass is 342 g/mol. The molecule has 0 fully saturated rings. The van der Waals surface area contributed by atoms with Crippen molar-refractivity contribution >= 4 is 17.8 Å². The van der Waals surface area contributed by atoms with Gasteiger partial charge >= 0.3 is 5.97 Å². The fraction of sp³-hybridized carbons (Fsp3) is 0.167. The van der Waals surface area contributed by atoms with Crippen molar-refractivity contribution in [2.75, 3.05) is 6.61 Å². The van der Waals surface area contributed by atoms with Crippen LogP contribution in [0.1, 0.15) is 31.8 Å². The number of nitrogens with one attached hydrogen (secondary N) is 2. The Balaban J connectivity index is 1.90. The van der Waals surface area contributed by atoms with Crippen molar-refractivity contribution in [3.8, 4) is 5.75 Å². The molecule has 7 heteroatoms. The first-order chi connectivity index (χ1) is 11.9. The van der Waals surface area contributed by atoms with E-state index >= 15 is 0 Å². The molecule has 2 rings (SSSR count). The molecule has 0 aliphatic carbocycles. The lowest BCUT2D eigenvalue weighted by Gasteiger charge is -2.11. The molecule has 0 spiro atoms. The predicted octanol–water partition coefficient (Wildman–Crippen LogP) is 1.84. The Labute approximate surface area is 144 Å². The highest BCUT2D eigenvalue weighted by molar-refractivity contribution is 6.05. The Morgan fingerprint density at radius 3 is 2.32 bits per heavy atom. The molecule has 0 aromatic heterocycles. The zero-order valence-electron chi connectivity index (χ0n) is 13.8. The van der Waals surface area contributed by atoms with E-state index in [1.807, 2.05) is 26.0 Å². The third kappa shape index (κ3) is 4.81. The van der Waals surface area contributed by atoms with Crippen LogP contribution in [0.2, 0.25) is 0 Å². The van der Waals surface area contributed by atoms with E-state index in [0.29, 0.717) is 5.75 Å². The Morgan fingerprint density at radius 1 is 1.00 bits per heavy atom. The largest absolute Gasteiger partial charge is 0.483 e. The van der Waals surface area contributed by atoms with Gasteiger partial charge in [-0.25, -0.2) is 4.79 Å². The molecule has 0 saturated carbocycles. The number of rotatable bonds is 5. The van der Waals surface area contributed by atoms with Gasteiger partial charge in [0.25, 0.3) is 11.8 Å². The predicted molar refractivity (Wildman–Crippen MR) is 90.4 cm³/mol. The second kappa shape index (κ2) is 7.96. The Bertz CT molecular complexity index is 817. The van der Waals surface area contributed by atoms with E-state index in [1.54, 1.807) is 6.07 Å². The average Bonchev–Trinajstić information content (AvgIpc) is 2.58. The smallest absolute Gasteiger partial charge is 0.336 e. The highest BCUT2D eigenvalue weighted by Crippen LogP contribution is 2.18. The standard InChI is InChI=1S/C18H18N2O5/c1-11-7-8-15(12(2)9-11)25-10-16(21)19-20-17(22)13-5-3-4-6-14(13)18(23)24/h3-9H,10H2,1-2H3,(H,19,21)(H,20,22)(H,23,24). The maximum Gasteiger partial charge on any atom is 0.336 e. The molecule has 2 aromatic carbocycles. The molecule has 0 unspecified atom stereocenters. The van der Waals surface area contributed by atoms with E-state index < -0.39 is 17.8 Å². The fourth-order valence-electron chi connectivity index (χ4n) is 2.20. The molecule has 7 nitrogen and oxygen atoms in total. The third-order valence-electron chi connectivity index (χ3n) is 3.41. The zero-order valence-corrected chi connectivity index (χ0v) is 13.8. The van der Waals surface area contributed by atoms with Crippen LogP contribution >= 0.6 is 0 Å². The van der Waals surface area contributed by atoms with Crippen LogP contribution in [-0.4, -0.2) is 29.5 Å². The maximum absolute atomic E-state index is 12.0. The van der Waals surface area contributed by atoms with E-state index in [1.165, 1.54) is 24.3 Å². The Morgan fingerprint density at radius 2 is 1.68 bits per heavy atom. The fourth-order valence-corrected chi connectivity index (χ4v) is 2.20. The van der Waals surface area contributed by atoms with Gasteiger partial charge in [-0.3, -0.25) is 20.4 Å². The second-order valence-electron chi connectivity index (χ2n) is 5.41. The van der Waals surface area contributed by atoms with Crippen LogP contribution in [0.25, 0.3) is 0 Å². The Hall–Kier alpha value is -3.35. The lowest BCUT2D eigenvalue weighted by molar-refractivity contribution is -0.123. The van der Waals surface area contributed by atoms with Crippen molar-refractivity contribution in [2.45, 2.75) is 13.8 Å². The number of hydrogen-bond acceptors (Lipinski definition) is 4. The summed E-state index contributed by atoms with van der Waals surface area (Å²) < 4.78 is 5.40. The summed E-state index contributed by atoms with van der Waals surface area (Å²) in [6.07, 6.45) is 0. The normalized spacial score (nSPS) is 10.0. The van der Waals surface area contributed by atoms with Crippen molar-refractivity contribution in [2.24, 2.45) is 0 Å². The lowest BCUT2D eigenvalue weighted by atomic mass is 10.1. The molecule has 2 amide bonds. The topological polar surface area (TPSA) is 105 Å². The van der Waals surface area contributed by atoms with Crippen molar-refractivity contribution in [3.63, 3.8) is 0 Å². The maximum atomic E-state index is 12.0. The summed E-state index contributed by atoms with van der Waals surface area (Å²) in [5.74, 6) is -1.95. The molecular weight excluding hydrogens is 324 g/mol. The van der Waals surface area contributed by atoms with Crippen LogP contribution in [0.5, 0.6) is 5.75 Å². The van der Waals surface area contributed by atoms with Gasteiger partial charge in [0.1, 0.15) is 5.75 Å². The molecule has 130 valence electrons. The number of carbonyl (C=O) groups is 3. The van der Waals surface area contributed by atoms with Gasteiger partial charge in [0.05, 0.1) is 11.1 Å². The first-order valence-corrected chi connectivity index (χ1v) is 7.50. The summed E-state index contributed by atoms with van der Waals surface area (Å²) in [7, 11) is 0. The van der Waals surface area contributed by atoms with Crippen LogP contribution in [-0.2, 0) is 4.79 Å². The van der Waals surface area contributed by atoms with Crippen molar-refractivity contribution in [1.29, 1.82) is 0 Å². The van der Waals surface area contributed by atoms with Gasteiger partial charge in [-0.1, -0.05) is 29.8 Å². The number of aryl methyl sites for hydroxylation is 2. The highest BCUT2D eigenvalue weighted by Gasteiger charge is 2.16. The van der Waals surface area contributed by atoms with Crippen molar-refractivity contribution in [3.05, 3.63) is 64.7 Å². The summed E-state index contributed by atoms with van der Waals surface area (Å²) in [5.41, 5.74) is 6.14. The molecule has 2 aromatic rings. The van der Waals surface area contributed by atoms with Crippen molar-refractivity contribution in [1.82, 2.24) is 10.9 Å². The molecule has 0 heterocycles. The van der Waals surface area contributed by atoms with Gasteiger partial charge in [-0.05, 0) is 37.6 Å². The number of carbonyl (C=O) groups excluding carboxylic acids is 2. The van der Waals surface area contributed by atoms with Crippen LogP contribution < -0.4 is 15.6 Å². The summed E-state index contributed by atoms with van der Waals surface area (Å²) in [5, 5.41) is 9.06. The van der Waals surface area contributed by atoms with Gasteiger partial charge in [0.2, 0.25) is 0 Å². The molecule has 0 aliphatic heterocycles. The van der Waals surface area contributed by atoms with E-state index in [4.69, 9.17) is 9.84 Å². The number of carboxylic acid groups (broad SMARTS) is 1. The molecule has 0 aliphatic rings. The van der Waals surface area contributed by atoms with Gasteiger partial charge in [0, 0.05) is 0 Å². The quantitative estimate of drug-likeness (QED) is 0.719. The average molecular weight is 342 g/mol. The first-order valence-electron chi connectivity index (χ1n) is 7.50. The summed E-state index contributed by atoms with van der Waals surface area (Å²) in [6, 6.07) is 11.3. The molecule has 25 heavy (non-hydrogen) atoms. The van der Waals surface area contributed by atoms with Gasteiger partial charge in [-0.15, -0.1) is 0 Å². The molecule has 3 N–H and O–H groups in total. The molecule has 0 bridgehead atoms. The number of hydrazine groups is 1. The van der Waals surface area contributed by atoms with Crippen LogP contribution in [0.15, 0.2) is 42.5 Å². The first kappa shape index (κ1) is 18.0. The lowest BCUT2D eigenvalue weighted by Crippen LogP contribution is -2.44. The minimum Gasteiger partial charge on any atom is -0.483 e. The van der Waals surface area contributed by atoms with Crippen LogP contribution in [0, 0.1) is 13.8 Å². The van der Waals surface area contributed by atoms with Crippen molar-refractivity contribution < 1.29 is 24.2 Å². The number of ether oxygens (including phenoxy) is 1. The number of benzene rings is 2. The minimum atomic E-state index is -1.23. The summed E-state index contributed by atoms with van der Waals surface area (Å²) >= 11 is 0. The number of hydrogen-bond donors (Lipinski definition) is 3. The molecular formula is C18H18N2O5. The molecule has 0 radical (unpaired) electrons. The van der Waals surface area contributed by atoms with Gasteiger partial charge < -0.3 is 9.84 Å². The number of carboxylic acids is 1. The number of aromatic carboxylic acids is 1. The van der Waals surface area contributed by atoms with E-state index in [9.17, 15) is 14.4 Å². The third-order valence-corrected chi connectivity index (χ3v) is 3.41. The minimum absolute atomic E-state index is 0.0504. The Kier molecular flexibility index (Phi) is 5.73. The second-order valence-corrected chi connectivity index (χ2v) is 5.41. The SMILES string of the molecule is Cc1ccc(OCC(=O)NNC(=O)c2ccccc2C(=O)O)c(C)c1. The van der Waals surface area contributed by atoms with Gasteiger partial charge in [0.15, 0.2) is 6.61 Å². The highest BCUT2D eigenvalue weighted by atomic mass is 16.5. The molecule has 0 atom stereocenters. The van der Waals surface area contributed by atoms with Crippen LogP contribution in [0.3, 0.4) is 0 Å². The number of amides is 2. The van der Waals surface area contributed by atoms with Crippen LogP contribution in [0.4, 0.5) is 0 Å².